The van der Waals surface area contributed by atoms with E-state index in [0.717, 1.165) is 0 Å². The van der Waals surface area contributed by atoms with Crippen molar-refractivity contribution in [1.29, 1.82) is 0 Å². The van der Waals surface area contributed by atoms with Crippen LogP contribution in [0.4, 0.5) is 5.82 Å². The van der Waals surface area contributed by atoms with E-state index in [1.807, 2.05) is 6.92 Å². The lowest BCUT2D eigenvalue weighted by molar-refractivity contribution is 0.0934. The van der Waals surface area contributed by atoms with Gasteiger partial charge in [0.1, 0.15) is 12.0 Å². The second-order valence-electron chi connectivity index (χ2n) is 4.58. The number of hydrogen-bond acceptors (Lipinski definition) is 5. The van der Waals surface area contributed by atoms with E-state index in [0.29, 0.717) is 29.3 Å². The first-order valence-corrected chi connectivity index (χ1v) is 6.67. The van der Waals surface area contributed by atoms with Crippen molar-refractivity contribution in [2.75, 3.05) is 11.9 Å². The minimum absolute atomic E-state index is 0.0107. The van der Waals surface area contributed by atoms with E-state index in [-0.39, 0.29) is 11.7 Å². The van der Waals surface area contributed by atoms with Gasteiger partial charge in [-0.15, -0.1) is 0 Å². The summed E-state index contributed by atoms with van der Waals surface area (Å²) >= 11 is 0. The molecule has 1 aliphatic heterocycles. The Labute approximate surface area is 121 Å². The van der Waals surface area contributed by atoms with Crippen LogP contribution in [0.5, 0.6) is 11.5 Å². The molecule has 1 unspecified atom stereocenters. The summed E-state index contributed by atoms with van der Waals surface area (Å²) in [5, 5.41) is 16.2. The first-order chi connectivity index (χ1) is 10.2. The van der Waals surface area contributed by atoms with E-state index in [1.165, 1.54) is 0 Å². The van der Waals surface area contributed by atoms with Gasteiger partial charge < -0.3 is 20.5 Å². The number of benzene rings is 1. The summed E-state index contributed by atoms with van der Waals surface area (Å²) in [6.45, 7) is 2.29. The van der Waals surface area contributed by atoms with Crippen LogP contribution >= 0.6 is 0 Å². The van der Waals surface area contributed by atoms with E-state index in [9.17, 15) is 9.90 Å². The summed E-state index contributed by atoms with van der Waals surface area (Å²) in [4.78, 5) is 16.2. The van der Waals surface area contributed by atoms with Crippen LogP contribution in [0.3, 0.4) is 0 Å². The van der Waals surface area contributed by atoms with Gasteiger partial charge in [0.05, 0.1) is 12.2 Å². The van der Waals surface area contributed by atoms with E-state index in [1.54, 1.807) is 36.5 Å². The molecule has 0 spiro atoms. The number of ether oxygens (including phenoxy) is 1. The molecule has 2 heterocycles. The second kappa shape index (κ2) is 5.32. The molecule has 6 heteroatoms. The molecule has 6 nitrogen and oxygen atoms in total. The number of fused-ring (bicyclic) bond motifs is 1. The van der Waals surface area contributed by atoms with Crippen LogP contribution < -0.4 is 15.4 Å². The molecule has 0 aliphatic carbocycles. The summed E-state index contributed by atoms with van der Waals surface area (Å²) in [5.74, 6) is 0.657. The normalized spacial score (nSPS) is 16.6. The van der Waals surface area contributed by atoms with Gasteiger partial charge in [-0.1, -0.05) is 12.1 Å². The van der Waals surface area contributed by atoms with Crippen molar-refractivity contribution in [2.24, 2.45) is 0 Å². The molecule has 108 valence electrons. The maximum atomic E-state index is 12.1. The molecule has 0 radical (unpaired) electrons. The Balaban J connectivity index is 1.96. The number of aromatic nitrogens is 1. The van der Waals surface area contributed by atoms with Gasteiger partial charge >= 0.3 is 0 Å². The van der Waals surface area contributed by atoms with Crippen LogP contribution in [0.2, 0.25) is 0 Å². The molecule has 1 aromatic carbocycles. The summed E-state index contributed by atoms with van der Waals surface area (Å²) in [6.07, 6.45) is 1.05. The van der Waals surface area contributed by atoms with Crippen molar-refractivity contribution in [2.45, 2.75) is 13.1 Å². The van der Waals surface area contributed by atoms with Crippen molar-refractivity contribution >= 4 is 11.7 Å². The lowest BCUT2D eigenvalue weighted by Crippen LogP contribution is -2.38. The minimum atomic E-state index is -0.555. The molecule has 0 saturated carbocycles. The maximum absolute atomic E-state index is 12.1. The van der Waals surface area contributed by atoms with Crippen LogP contribution in [-0.4, -0.2) is 22.6 Å². The second-order valence-corrected chi connectivity index (χ2v) is 4.58. The Morgan fingerprint density at radius 3 is 2.95 bits per heavy atom. The van der Waals surface area contributed by atoms with Gasteiger partial charge in [0.25, 0.3) is 5.91 Å². The van der Waals surface area contributed by atoms with E-state index in [4.69, 9.17) is 4.74 Å². The first-order valence-electron chi connectivity index (χ1n) is 6.67. The van der Waals surface area contributed by atoms with Crippen LogP contribution in [0.1, 0.15) is 29.0 Å². The average molecular weight is 285 g/mol. The SMILES string of the molecule is CCOc1cccc(C2NC(=O)c3cccnc3N2)c1O. The molecule has 1 aliphatic rings. The number of rotatable bonds is 3. The zero-order valence-electron chi connectivity index (χ0n) is 11.5. The number of para-hydroxylation sites is 1. The molecule has 1 amide bonds. The maximum Gasteiger partial charge on any atom is 0.256 e. The molecule has 1 aromatic heterocycles. The van der Waals surface area contributed by atoms with Gasteiger partial charge in [-0.3, -0.25) is 4.79 Å². The Morgan fingerprint density at radius 1 is 1.29 bits per heavy atom. The number of phenolic OH excluding ortho intramolecular Hbond substituents is 1. The van der Waals surface area contributed by atoms with Gasteiger partial charge in [-0.2, -0.15) is 0 Å². The van der Waals surface area contributed by atoms with Gasteiger partial charge in [-0.25, -0.2) is 4.98 Å². The van der Waals surface area contributed by atoms with Crippen LogP contribution in [0.25, 0.3) is 0 Å². The highest BCUT2D eigenvalue weighted by molar-refractivity contribution is 6.00. The molecular formula is C15H15N3O3. The van der Waals surface area contributed by atoms with Gasteiger partial charge in [0, 0.05) is 11.8 Å². The highest BCUT2D eigenvalue weighted by Crippen LogP contribution is 2.35. The Hall–Kier alpha value is -2.76. The van der Waals surface area contributed by atoms with Crippen molar-refractivity contribution in [3.05, 3.63) is 47.7 Å². The van der Waals surface area contributed by atoms with Crippen molar-refractivity contribution in [3.63, 3.8) is 0 Å². The Kier molecular flexibility index (Phi) is 3.35. The van der Waals surface area contributed by atoms with E-state index in [2.05, 4.69) is 15.6 Å². The molecule has 3 rings (SSSR count). The fraction of sp³-hybridized carbons (Fsp3) is 0.200. The lowest BCUT2D eigenvalue weighted by Gasteiger charge is -2.27. The number of nitrogens with zero attached hydrogens (tertiary/aromatic N) is 1. The van der Waals surface area contributed by atoms with Crippen LogP contribution in [0, 0.1) is 0 Å². The summed E-state index contributed by atoms with van der Waals surface area (Å²) in [7, 11) is 0. The Morgan fingerprint density at radius 2 is 2.14 bits per heavy atom. The molecule has 3 N–H and O–H groups in total. The number of phenols is 1. The fourth-order valence-electron chi connectivity index (χ4n) is 2.28. The summed E-state index contributed by atoms with van der Waals surface area (Å²) < 4.78 is 5.36. The zero-order valence-corrected chi connectivity index (χ0v) is 11.5. The number of pyridine rings is 1. The molecule has 0 fully saturated rings. The van der Waals surface area contributed by atoms with E-state index < -0.39 is 6.17 Å². The lowest BCUT2D eigenvalue weighted by atomic mass is 10.1. The first kappa shape index (κ1) is 13.2. The van der Waals surface area contributed by atoms with Crippen molar-refractivity contribution in [1.82, 2.24) is 10.3 Å². The molecule has 2 aromatic rings. The van der Waals surface area contributed by atoms with E-state index >= 15 is 0 Å². The van der Waals surface area contributed by atoms with Gasteiger partial charge in [0.15, 0.2) is 11.5 Å². The third kappa shape index (κ3) is 2.35. The monoisotopic (exact) mass is 285 g/mol. The molecular weight excluding hydrogens is 270 g/mol. The summed E-state index contributed by atoms with van der Waals surface area (Å²) in [5.41, 5.74) is 1.01. The highest BCUT2D eigenvalue weighted by Gasteiger charge is 2.27. The predicted molar refractivity (Wildman–Crippen MR) is 77.3 cm³/mol. The molecule has 0 saturated heterocycles. The molecule has 1 atom stereocenters. The van der Waals surface area contributed by atoms with Gasteiger partial charge in [-0.05, 0) is 25.1 Å². The highest BCUT2D eigenvalue weighted by atomic mass is 16.5. The number of carbonyl (C=O) groups is 1. The largest absolute Gasteiger partial charge is 0.504 e. The number of hydrogen-bond donors (Lipinski definition) is 3. The zero-order chi connectivity index (χ0) is 14.8. The minimum Gasteiger partial charge on any atom is -0.504 e. The number of aromatic hydroxyl groups is 1. The fourth-order valence-corrected chi connectivity index (χ4v) is 2.28. The molecule has 0 bridgehead atoms. The quantitative estimate of drug-likeness (QED) is 0.803. The average Bonchev–Trinajstić information content (AvgIpc) is 2.49. The number of carbonyl (C=O) groups excluding carboxylic acids is 1. The third-order valence-electron chi connectivity index (χ3n) is 3.25. The van der Waals surface area contributed by atoms with Gasteiger partial charge in [0.2, 0.25) is 0 Å². The van der Waals surface area contributed by atoms with Crippen LogP contribution in [-0.2, 0) is 0 Å². The number of nitrogens with one attached hydrogen (secondary N) is 2. The standard InChI is InChI=1S/C15H15N3O3/c1-2-21-11-7-3-5-9(12(11)19)14-17-13-10(15(20)18-14)6-4-8-16-13/h3-8,14,19H,2H2,1H3,(H,16,17)(H,18,20). The Bertz CT molecular complexity index is 688. The summed E-state index contributed by atoms with van der Waals surface area (Å²) in [6, 6.07) is 8.57. The van der Waals surface area contributed by atoms with Crippen LogP contribution in [0.15, 0.2) is 36.5 Å². The topological polar surface area (TPSA) is 83.5 Å². The predicted octanol–water partition coefficient (Wildman–Crippen LogP) is 2.04. The number of amides is 1. The van der Waals surface area contributed by atoms with Crippen molar-refractivity contribution in [3.8, 4) is 11.5 Å². The molecule has 21 heavy (non-hydrogen) atoms. The van der Waals surface area contributed by atoms with Crippen molar-refractivity contribution < 1.29 is 14.6 Å². The third-order valence-corrected chi connectivity index (χ3v) is 3.25. The smallest absolute Gasteiger partial charge is 0.256 e. The number of anilines is 1.